The van der Waals surface area contributed by atoms with Gasteiger partial charge in [-0.25, -0.2) is 0 Å². The predicted molar refractivity (Wildman–Crippen MR) is 82.7 cm³/mol. The third-order valence-corrected chi connectivity index (χ3v) is 3.70. The van der Waals surface area contributed by atoms with Crippen LogP contribution in [-0.4, -0.2) is 20.2 Å². The van der Waals surface area contributed by atoms with E-state index >= 15 is 0 Å². The smallest absolute Gasteiger partial charge is 0.321 e. The molecule has 3 rings (SSSR count). The summed E-state index contributed by atoms with van der Waals surface area (Å²) in [6.45, 7) is 0.619. The molecule has 1 aromatic heterocycles. The minimum atomic E-state index is -0.408. The Hall–Kier alpha value is -2.54. The molecule has 0 aliphatic heterocycles. The number of nitrogens with zero attached hydrogens (tertiary/aromatic N) is 3. The zero-order valence-electron chi connectivity index (χ0n) is 11.0. The third-order valence-electron chi connectivity index (χ3n) is 3.16. The Morgan fingerprint density at radius 2 is 1.95 bits per heavy atom. The zero-order chi connectivity index (χ0) is 14.7. The fourth-order valence-corrected chi connectivity index (χ4v) is 2.69. The molecule has 0 atom stereocenters. The first-order valence-electron chi connectivity index (χ1n) is 6.43. The maximum Gasteiger partial charge on any atom is 0.321 e. The maximum absolute atomic E-state index is 11.3. The van der Waals surface area contributed by atoms with Gasteiger partial charge in [0, 0.05) is 6.54 Å². The van der Waals surface area contributed by atoms with Crippen molar-refractivity contribution >= 4 is 34.1 Å². The Bertz CT molecular complexity index is 773. The molecule has 0 amide bonds. The summed E-state index contributed by atoms with van der Waals surface area (Å²) in [6.07, 6.45) is 0.797. The van der Waals surface area contributed by atoms with Crippen LogP contribution < -0.4 is 5.32 Å². The molecule has 1 N–H and O–H groups in total. The van der Waals surface area contributed by atoms with Gasteiger partial charge in [0.05, 0.1) is 16.7 Å². The van der Waals surface area contributed by atoms with Crippen molar-refractivity contribution in [1.29, 1.82) is 0 Å². The van der Waals surface area contributed by atoms with Gasteiger partial charge in [-0.05, 0) is 24.1 Å². The molecule has 21 heavy (non-hydrogen) atoms. The highest BCUT2D eigenvalue weighted by Crippen LogP contribution is 2.32. The highest BCUT2D eigenvalue weighted by atomic mass is 32.1. The predicted octanol–water partition coefficient (Wildman–Crippen LogP) is 3.25. The van der Waals surface area contributed by atoms with E-state index in [4.69, 9.17) is 0 Å². The molecule has 2 aromatic carbocycles. The van der Waals surface area contributed by atoms with Crippen molar-refractivity contribution in [3.63, 3.8) is 0 Å². The van der Waals surface area contributed by atoms with Gasteiger partial charge in [-0.1, -0.05) is 30.3 Å². The first kappa shape index (κ1) is 13.4. The Morgan fingerprint density at radius 1 is 1.14 bits per heavy atom. The number of benzene rings is 2. The topological polar surface area (TPSA) is 81.0 Å². The summed E-state index contributed by atoms with van der Waals surface area (Å²) in [5.41, 5.74) is 2.56. The van der Waals surface area contributed by atoms with Crippen LogP contribution in [0, 0.1) is 10.1 Å². The molecule has 0 aliphatic rings. The van der Waals surface area contributed by atoms with Crippen LogP contribution in [0.4, 0.5) is 11.4 Å². The van der Waals surface area contributed by atoms with Crippen LogP contribution in [-0.2, 0) is 6.42 Å². The molecular weight excluding hydrogens is 288 g/mol. The molecule has 0 radical (unpaired) electrons. The van der Waals surface area contributed by atoms with Gasteiger partial charge < -0.3 is 5.32 Å². The summed E-state index contributed by atoms with van der Waals surface area (Å²) in [4.78, 5) is 10.9. The minimum Gasteiger partial charge on any atom is -0.379 e. The third kappa shape index (κ3) is 2.82. The van der Waals surface area contributed by atoms with Crippen LogP contribution in [0.3, 0.4) is 0 Å². The number of hydrogen-bond donors (Lipinski definition) is 1. The van der Waals surface area contributed by atoms with E-state index in [2.05, 4.69) is 14.1 Å². The van der Waals surface area contributed by atoms with Gasteiger partial charge in [-0.3, -0.25) is 10.1 Å². The van der Waals surface area contributed by atoms with E-state index in [-0.39, 0.29) is 5.69 Å². The molecule has 6 nitrogen and oxygen atoms in total. The summed E-state index contributed by atoms with van der Waals surface area (Å²) in [5.74, 6) is 0. The molecule has 0 spiro atoms. The minimum absolute atomic E-state index is 0.00527. The van der Waals surface area contributed by atoms with E-state index in [0.717, 1.165) is 18.1 Å². The number of nitro benzene ring substituents is 1. The number of nitrogens with one attached hydrogen (secondary N) is 1. The molecule has 0 saturated heterocycles. The first-order chi connectivity index (χ1) is 10.3. The van der Waals surface area contributed by atoms with Crippen molar-refractivity contribution < 1.29 is 4.92 Å². The average Bonchev–Trinajstić information content (AvgIpc) is 2.96. The molecule has 0 bridgehead atoms. The van der Waals surface area contributed by atoms with Gasteiger partial charge in [0.1, 0.15) is 11.2 Å². The van der Waals surface area contributed by atoms with Crippen LogP contribution in [0.25, 0.3) is 11.0 Å². The molecule has 0 aliphatic carbocycles. The van der Waals surface area contributed by atoms with Crippen molar-refractivity contribution in [2.75, 3.05) is 11.9 Å². The Balaban J connectivity index is 1.80. The monoisotopic (exact) mass is 300 g/mol. The van der Waals surface area contributed by atoms with E-state index < -0.39 is 4.92 Å². The molecule has 0 saturated carbocycles. The van der Waals surface area contributed by atoms with E-state index in [1.54, 1.807) is 12.1 Å². The number of rotatable bonds is 5. The van der Waals surface area contributed by atoms with Gasteiger partial charge in [-0.15, -0.1) is 0 Å². The van der Waals surface area contributed by atoms with Gasteiger partial charge in [0.2, 0.25) is 0 Å². The molecule has 7 heteroatoms. The molecule has 3 aromatic rings. The van der Waals surface area contributed by atoms with Crippen molar-refractivity contribution in [3.05, 3.63) is 58.1 Å². The normalized spacial score (nSPS) is 10.7. The van der Waals surface area contributed by atoms with Gasteiger partial charge >= 0.3 is 5.69 Å². The Labute approximate surface area is 124 Å². The van der Waals surface area contributed by atoms with E-state index in [9.17, 15) is 10.1 Å². The summed E-state index contributed by atoms with van der Waals surface area (Å²) >= 11 is 0.982. The number of aromatic nitrogens is 2. The lowest BCUT2D eigenvalue weighted by atomic mass is 10.1. The number of anilines is 1. The van der Waals surface area contributed by atoms with Crippen LogP contribution in [0.15, 0.2) is 42.5 Å². The average molecular weight is 300 g/mol. The molecule has 1 heterocycles. The van der Waals surface area contributed by atoms with Crippen molar-refractivity contribution in [3.8, 4) is 0 Å². The summed E-state index contributed by atoms with van der Waals surface area (Å²) in [7, 11) is 0. The van der Waals surface area contributed by atoms with Crippen molar-refractivity contribution in [2.45, 2.75) is 6.42 Å². The van der Waals surface area contributed by atoms with E-state index in [1.807, 2.05) is 30.3 Å². The van der Waals surface area contributed by atoms with E-state index in [0.29, 0.717) is 23.3 Å². The Kier molecular flexibility index (Phi) is 3.74. The SMILES string of the molecule is O=[N+]([O-])c1c(NCCc2ccccc2)ccc2nsnc12. The number of hydrogen-bond acceptors (Lipinski definition) is 6. The largest absolute Gasteiger partial charge is 0.379 e. The van der Waals surface area contributed by atoms with Crippen molar-refractivity contribution in [1.82, 2.24) is 8.75 Å². The second-order valence-electron chi connectivity index (χ2n) is 4.51. The van der Waals surface area contributed by atoms with Crippen molar-refractivity contribution in [2.24, 2.45) is 0 Å². The molecular formula is C14H12N4O2S. The molecule has 106 valence electrons. The van der Waals surface area contributed by atoms with Gasteiger partial charge in [0.25, 0.3) is 0 Å². The van der Waals surface area contributed by atoms with Crippen LogP contribution in [0.5, 0.6) is 0 Å². The summed E-state index contributed by atoms with van der Waals surface area (Å²) in [5, 5.41) is 14.4. The van der Waals surface area contributed by atoms with Gasteiger partial charge in [0.15, 0.2) is 5.52 Å². The lowest BCUT2D eigenvalue weighted by Crippen LogP contribution is -2.07. The molecule has 0 unspecified atom stereocenters. The highest BCUT2D eigenvalue weighted by Gasteiger charge is 2.21. The quantitative estimate of drug-likeness (QED) is 0.578. The summed E-state index contributed by atoms with van der Waals surface area (Å²) in [6, 6.07) is 13.4. The van der Waals surface area contributed by atoms with Gasteiger partial charge in [-0.2, -0.15) is 8.75 Å². The summed E-state index contributed by atoms with van der Waals surface area (Å²) < 4.78 is 8.04. The number of nitro groups is 1. The maximum atomic E-state index is 11.3. The lowest BCUT2D eigenvalue weighted by Gasteiger charge is -2.07. The highest BCUT2D eigenvalue weighted by molar-refractivity contribution is 7.00. The fourth-order valence-electron chi connectivity index (χ4n) is 2.15. The van der Waals surface area contributed by atoms with Crippen LogP contribution >= 0.6 is 11.7 Å². The standard InChI is InChI=1S/C14H12N4O2S/c19-18(20)14-12(7-6-11-13(14)17-21-16-11)15-9-8-10-4-2-1-3-5-10/h1-7,15H,8-9H2. The Morgan fingerprint density at radius 3 is 2.71 bits per heavy atom. The van der Waals surface area contributed by atoms with Crippen LogP contribution in [0.2, 0.25) is 0 Å². The van der Waals surface area contributed by atoms with E-state index in [1.165, 1.54) is 5.56 Å². The van der Waals surface area contributed by atoms with Crippen LogP contribution in [0.1, 0.15) is 5.56 Å². The second-order valence-corrected chi connectivity index (χ2v) is 5.04. The number of fused-ring (bicyclic) bond motifs is 1. The lowest BCUT2D eigenvalue weighted by molar-refractivity contribution is -0.382. The fraction of sp³-hybridized carbons (Fsp3) is 0.143. The first-order valence-corrected chi connectivity index (χ1v) is 7.16. The second kappa shape index (κ2) is 5.84. The molecule has 0 fully saturated rings. The zero-order valence-corrected chi connectivity index (χ0v) is 11.8.